The fourth-order valence-corrected chi connectivity index (χ4v) is 1.77. The van der Waals surface area contributed by atoms with E-state index in [1.807, 2.05) is 37.3 Å². The molecule has 0 unspecified atom stereocenters. The second-order valence-corrected chi connectivity index (χ2v) is 3.51. The van der Waals surface area contributed by atoms with Crippen molar-refractivity contribution < 1.29 is 9.84 Å². The molecule has 1 aliphatic rings. The normalized spacial score (nSPS) is 15.7. The van der Waals surface area contributed by atoms with Crippen LogP contribution in [0.5, 0.6) is 0 Å². The van der Waals surface area contributed by atoms with Gasteiger partial charge in [0.15, 0.2) is 6.73 Å². The number of hydrogen-bond donors (Lipinski definition) is 1. The summed E-state index contributed by atoms with van der Waals surface area (Å²) in [6, 6.07) is 10.1. The molecule has 1 aromatic carbocycles. The fraction of sp³-hybridized carbons (Fsp3) is 0.333. The Labute approximate surface area is 89.6 Å². The molecule has 0 radical (unpaired) electrons. The molecule has 1 aromatic rings. The average molecular weight is 205 g/mol. The highest BCUT2D eigenvalue weighted by Gasteiger charge is 2.21. The van der Waals surface area contributed by atoms with Crippen LogP contribution in [0.3, 0.4) is 0 Å². The van der Waals surface area contributed by atoms with Crippen molar-refractivity contribution in [1.29, 1.82) is 0 Å². The van der Waals surface area contributed by atoms with Gasteiger partial charge in [0.05, 0.1) is 5.70 Å². The van der Waals surface area contributed by atoms with Crippen LogP contribution in [0.15, 0.2) is 41.8 Å². The Bertz CT molecular complexity index is 359. The molecule has 1 aliphatic heterocycles. The van der Waals surface area contributed by atoms with Gasteiger partial charge in [-0.15, -0.1) is 0 Å². The summed E-state index contributed by atoms with van der Waals surface area (Å²) in [7, 11) is 0. The van der Waals surface area contributed by atoms with E-state index in [-0.39, 0.29) is 6.61 Å². The first-order valence-electron chi connectivity index (χ1n) is 5.09. The molecule has 0 spiro atoms. The molecule has 0 amide bonds. The maximum atomic E-state index is 8.99. The Morgan fingerprint density at radius 2 is 2.07 bits per heavy atom. The summed E-state index contributed by atoms with van der Waals surface area (Å²) in [5.74, 6) is 0.910. The van der Waals surface area contributed by atoms with Crippen LogP contribution in [0.25, 0.3) is 0 Å². The van der Waals surface area contributed by atoms with Gasteiger partial charge in [-0.2, -0.15) is 0 Å². The summed E-state index contributed by atoms with van der Waals surface area (Å²) in [6.07, 6.45) is 0.640. The zero-order valence-electron chi connectivity index (χ0n) is 8.81. The van der Waals surface area contributed by atoms with Gasteiger partial charge in [-0.25, -0.2) is 0 Å². The highest BCUT2D eigenvalue weighted by atomic mass is 16.5. The largest absolute Gasteiger partial charge is 0.476 e. The van der Waals surface area contributed by atoms with Crippen molar-refractivity contribution in [1.82, 2.24) is 0 Å². The number of nitrogens with zero attached hydrogens (tertiary/aromatic N) is 1. The number of rotatable bonds is 3. The van der Waals surface area contributed by atoms with Crippen LogP contribution in [0, 0.1) is 0 Å². The lowest BCUT2D eigenvalue weighted by molar-refractivity contribution is 0.247. The van der Waals surface area contributed by atoms with Gasteiger partial charge in [-0.05, 0) is 19.1 Å². The number of allylic oxidation sites excluding steroid dienone is 1. The Balaban J connectivity index is 2.24. The summed E-state index contributed by atoms with van der Waals surface area (Å²) < 4.78 is 5.48. The van der Waals surface area contributed by atoms with E-state index in [2.05, 4.69) is 4.90 Å². The van der Waals surface area contributed by atoms with Crippen molar-refractivity contribution in [2.24, 2.45) is 0 Å². The maximum absolute atomic E-state index is 8.99. The van der Waals surface area contributed by atoms with E-state index < -0.39 is 0 Å². The van der Waals surface area contributed by atoms with E-state index in [1.54, 1.807) is 0 Å². The van der Waals surface area contributed by atoms with Gasteiger partial charge in [0.1, 0.15) is 5.76 Å². The fourth-order valence-electron chi connectivity index (χ4n) is 1.77. The topological polar surface area (TPSA) is 32.7 Å². The molecule has 0 atom stereocenters. The molecule has 0 fully saturated rings. The quantitative estimate of drug-likeness (QED) is 0.820. The highest BCUT2D eigenvalue weighted by molar-refractivity contribution is 5.53. The lowest BCUT2D eigenvalue weighted by Gasteiger charge is -2.19. The molecule has 1 N–H and O–H groups in total. The van der Waals surface area contributed by atoms with Gasteiger partial charge >= 0.3 is 0 Å². The molecule has 0 saturated carbocycles. The first-order valence-corrected chi connectivity index (χ1v) is 5.09. The summed E-state index contributed by atoms with van der Waals surface area (Å²) >= 11 is 0. The van der Waals surface area contributed by atoms with Gasteiger partial charge in [0.25, 0.3) is 0 Å². The predicted octanol–water partition coefficient (Wildman–Crippen LogP) is 2.09. The van der Waals surface area contributed by atoms with Crippen LogP contribution in [0.4, 0.5) is 5.69 Å². The summed E-state index contributed by atoms with van der Waals surface area (Å²) in [4.78, 5) is 2.09. The third-order valence-corrected chi connectivity index (χ3v) is 2.56. The van der Waals surface area contributed by atoms with Gasteiger partial charge in [-0.3, -0.25) is 0 Å². The Hall–Kier alpha value is -1.48. The monoisotopic (exact) mass is 205 g/mol. The van der Waals surface area contributed by atoms with Crippen LogP contribution in [-0.2, 0) is 4.74 Å². The molecule has 3 nitrogen and oxygen atoms in total. The highest BCUT2D eigenvalue weighted by Crippen LogP contribution is 2.28. The van der Waals surface area contributed by atoms with E-state index in [4.69, 9.17) is 9.84 Å². The van der Waals surface area contributed by atoms with Crippen LogP contribution >= 0.6 is 0 Å². The van der Waals surface area contributed by atoms with E-state index >= 15 is 0 Å². The summed E-state index contributed by atoms with van der Waals surface area (Å²) in [6.45, 7) is 2.64. The predicted molar refractivity (Wildman–Crippen MR) is 59.3 cm³/mol. The second-order valence-electron chi connectivity index (χ2n) is 3.51. The summed E-state index contributed by atoms with van der Waals surface area (Å²) in [5, 5.41) is 8.99. The lowest BCUT2D eigenvalue weighted by Crippen LogP contribution is -2.19. The first kappa shape index (κ1) is 10.1. The lowest BCUT2D eigenvalue weighted by atomic mass is 10.2. The Morgan fingerprint density at radius 1 is 1.33 bits per heavy atom. The molecule has 3 heteroatoms. The standard InChI is InChI=1S/C12H15NO2/c1-10-12(7-8-14)13(9-15-10)11-5-3-2-4-6-11/h2-6,14H,7-9H2,1H3. The molecule has 1 heterocycles. The van der Waals surface area contributed by atoms with Crippen LogP contribution < -0.4 is 4.90 Å². The van der Waals surface area contributed by atoms with Crippen molar-refractivity contribution in [2.75, 3.05) is 18.2 Å². The maximum Gasteiger partial charge on any atom is 0.165 e. The molecular formula is C12H15NO2. The molecule has 2 rings (SSSR count). The smallest absolute Gasteiger partial charge is 0.165 e. The van der Waals surface area contributed by atoms with Crippen LogP contribution in [0.1, 0.15) is 13.3 Å². The minimum atomic E-state index is 0.152. The van der Waals surface area contributed by atoms with E-state index in [0.29, 0.717) is 13.2 Å². The van der Waals surface area contributed by atoms with Gasteiger partial charge < -0.3 is 14.7 Å². The summed E-state index contributed by atoms with van der Waals surface area (Å²) in [5.41, 5.74) is 2.18. The SMILES string of the molecule is CC1=C(CCO)N(c2ccccc2)CO1. The number of para-hydroxylation sites is 1. The van der Waals surface area contributed by atoms with Crippen molar-refractivity contribution >= 4 is 5.69 Å². The minimum Gasteiger partial charge on any atom is -0.476 e. The number of benzene rings is 1. The van der Waals surface area contributed by atoms with Crippen LogP contribution in [-0.4, -0.2) is 18.4 Å². The molecule has 0 saturated heterocycles. The van der Waals surface area contributed by atoms with Crippen LogP contribution in [0.2, 0.25) is 0 Å². The molecule has 0 aliphatic carbocycles. The molecule has 15 heavy (non-hydrogen) atoms. The zero-order valence-corrected chi connectivity index (χ0v) is 8.81. The van der Waals surface area contributed by atoms with E-state index in [0.717, 1.165) is 17.1 Å². The number of anilines is 1. The van der Waals surface area contributed by atoms with Crippen molar-refractivity contribution in [2.45, 2.75) is 13.3 Å². The second kappa shape index (κ2) is 4.36. The Morgan fingerprint density at radius 3 is 2.73 bits per heavy atom. The molecule has 0 aromatic heterocycles. The van der Waals surface area contributed by atoms with Gasteiger partial charge in [0.2, 0.25) is 0 Å². The minimum absolute atomic E-state index is 0.152. The van der Waals surface area contributed by atoms with E-state index in [9.17, 15) is 0 Å². The van der Waals surface area contributed by atoms with Gasteiger partial charge in [-0.1, -0.05) is 18.2 Å². The number of ether oxygens (including phenoxy) is 1. The van der Waals surface area contributed by atoms with Gasteiger partial charge in [0, 0.05) is 18.7 Å². The van der Waals surface area contributed by atoms with E-state index in [1.165, 1.54) is 0 Å². The number of aliphatic hydroxyl groups is 1. The van der Waals surface area contributed by atoms with Crippen molar-refractivity contribution in [3.8, 4) is 0 Å². The number of hydrogen-bond acceptors (Lipinski definition) is 3. The third-order valence-electron chi connectivity index (χ3n) is 2.56. The zero-order chi connectivity index (χ0) is 10.7. The number of aliphatic hydroxyl groups excluding tert-OH is 1. The third kappa shape index (κ3) is 1.97. The van der Waals surface area contributed by atoms with Crippen molar-refractivity contribution in [3.63, 3.8) is 0 Å². The Kier molecular flexibility index (Phi) is 2.92. The van der Waals surface area contributed by atoms with Crippen molar-refractivity contribution in [3.05, 3.63) is 41.8 Å². The average Bonchev–Trinajstić information content (AvgIpc) is 2.63. The molecular weight excluding hydrogens is 190 g/mol. The first-order chi connectivity index (χ1) is 7.33. The molecule has 80 valence electrons. The molecule has 0 bridgehead atoms.